The van der Waals surface area contributed by atoms with Crippen LogP contribution in [0.1, 0.15) is 23.3 Å². The average Bonchev–Trinajstić information content (AvgIpc) is 2.87. The summed E-state index contributed by atoms with van der Waals surface area (Å²) >= 11 is 3.26. The molecule has 0 radical (unpaired) electrons. The number of aliphatic carboxylic acids is 1. The van der Waals surface area contributed by atoms with Gasteiger partial charge in [0, 0.05) is 12.7 Å². The molecule has 0 bridgehead atoms. The number of hydrogen-bond donors (Lipinski definition) is 1. The maximum Gasteiger partial charge on any atom is 0.326 e. The molecule has 102 valence electrons. The number of hydrogen-bond acceptors (Lipinski definition) is 4. The molecule has 19 heavy (non-hydrogen) atoms. The van der Waals surface area contributed by atoms with Gasteiger partial charge in [0.05, 0.1) is 11.6 Å². The van der Waals surface area contributed by atoms with Gasteiger partial charge in [-0.3, -0.25) is 4.79 Å². The first kappa shape index (κ1) is 13.8. The van der Waals surface area contributed by atoms with Gasteiger partial charge in [0.25, 0.3) is 5.91 Å². The summed E-state index contributed by atoms with van der Waals surface area (Å²) in [6.45, 7) is 0.432. The van der Waals surface area contributed by atoms with Gasteiger partial charge in [0.1, 0.15) is 17.5 Å². The molecule has 1 amide bonds. The second-order valence-electron chi connectivity index (χ2n) is 4.17. The van der Waals surface area contributed by atoms with Gasteiger partial charge >= 0.3 is 5.97 Å². The molecular formula is C12H13BrN2O4. The predicted octanol–water partition coefficient (Wildman–Crippen LogP) is 1.54. The lowest BCUT2D eigenvalue weighted by atomic mass is 10.2. The fraction of sp³-hybridized carbons (Fsp3) is 0.417. The van der Waals surface area contributed by atoms with Crippen molar-refractivity contribution in [2.45, 2.75) is 18.9 Å². The van der Waals surface area contributed by atoms with E-state index in [9.17, 15) is 9.59 Å². The normalized spacial score (nSPS) is 18.4. The third-order valence-corrected chi connectivity index (χ3v) is 3.84. The molecule has 2 rings (SSSR count). The Balaban J connectivity index is 2.32. The molecule has 0 aliphatic carbocycles. The van der Waals surface area contributed by atoms with Crippen molar-refractivity contribution in [1.29, 1.82) is 0 Å². The maximum atomic E-state index is 12.4. The Morgan fingerprint density at radius 2 is 2.32 bits per heavy atom. The highest BCUT2D eigenvalue weighted by atomic mass is 79.9. The molecule has 0 saturated carbocycles. The number of amides is 1. The molecule has 7 heteroatoms. The summed E-state index contributed by atoms with van der Waals surface area (Å²) in [5, 5.41) is 9.10. The third-order valence-electron chi connectivity index (χ3n) is 3.07. The van der Waals surface area contributed by atoms with E-state index in [1.165, 1.54) is 18.2 Å². The highest BCUT2D eigenvalue weighted by molar-refractivity contribution is 9.10. The van der Waals surface area contributed by atoms with Crippen molar-refractivity contribution in [3.05, 3.63) is 22.4 Å². The van der Waals surface area contributed by atoms with E-state index in [0.29, 0.717) is 29.6 Å². The number of ether oxygens (including phenoxy) is 1. The lowest BCUT2D eigenvalue weighted by molar-refractivity contribution is -0.141. The second-order valence-corrected chi connectivity index (χ2v) is 4.96. The fourth-order valence-corrected chi connectivity index (χ4v) is 2.70. The molecule has 1 aliphatic rings. The molecule has 1 atom stereocenters. The van der Waals surface area contributed by atoms with E-state index < -0.39 is 17.9 Å². The van der Waals surface area contributed by atoms with Crippen LogP contribution in [0.25, 0.3) is 0 Å². The number of nitrogens with zero attached hydrogens (tertiary/aromatic N) is 2. The van der Waals surface area contributed by atoms with Crippen molar-refractivity contribution < 1.29 is 19.4 Å². The van der Waals surface area contributed by atoms with E-state index in [-0.39, 0.29) is 5.69 Å². The van der Waals surface area contributed by atoms with Gasteiger partial charge in [-0.1, -0.05) is 0 Å². The van der Waals surface area contributed by atoms with Crippen LogP contribution in [-0.2, 0) is 4.79 Å². The van der Waals surface area contributed by atoms with Crippen LogP contribution in [0.2, 0.25) is 0 Å². The summed E-state index contributed by atoms with van der Waals surface area (Å²) in [5.74, 6) is -0.884. The molecule has 1 N–H and O–H groups in total. The smallest absolute Gasteiger partial charge is 0.326 e. The first-order valence-corrected chi connectivity index (χ1v) is 6.57. The molecular weight excluding hydrogens is 316 g/mol. The number of rotatable bonds is 3. The summed E-state index contributed by atoms with van der Waals surface area (Å²) in [4.78, 5) is 28.8. The van der Waals surface area contributed by atoms with Crippen LogP contribution < -0.4 is 4.74 Å². The number of carbonyl (C=O) groups excluding carboxylic acids is 1. The number of pyridine rings is 1. The molecule has 0 aromatic carbocycles. The van der Waals surface area contributed by atoms with Gasteiger partial charge in [-0.15, -0.1) is 0 Å². The Morgan fingerprint density at radius 1 is 1.58 bits per heavy atom. The lowest BCUT2D eigenvalue weighted by Crippen LogP contribution is -2.40. The molecule has 2 heterocycles. The van der Waals surface area contributed by atoms with Crippen LogP contribution in [0.3, 0.4) is 0 Å². The van der Waals surface area contributed by atoms with Gasteiger partial charge < -0.3 is 14.7 Å². The first-order valence-electron chi connectivity index (χ1n) is 5.78. The topological polar surface area (TPSA) is 79.7 Å². The summed E-state index contributed by atoms with van der Waals surface area (Å²) in [5.41, 5.74) is 0.174. The van der Waals surface area contributed by atoms with Crippen LogP contribution in [-0.4, -0.2) is 46.6 Å². The SMILES string of the molecule is COc1ccnc(C(=O)N2CCCC2C(=O)O)c1Br. The van der Waals surface area contributed by atoms with E-state index in [2.05, 4.69) is 20.9 Å². The number of carbonyl (C=O) groups is 2. The fourth-order valence-electron chi connectivity index (χ4n) is 2.14. The van der Waals surface area contributed by atoms with Crippen LogP contribution in [0.4, 0.5) is 0 Å². The van der Waals surface area contributed by atoms with Crippen LogP contribution in [0, 0.1) is 0 Å². The van der Waals surface area contributed by atoms with Crippen molar-refractivity contribution in [3.8, 4) is 5.75 Å². The highest BCUT2D eigenvalue weighted by Crippen LogP contribution is 2.29. The van der Waals surface area contributed by atoms with E-state index in [1.807, 2.05) is 0 Å². The zero-order valence-electron chi connectivity index (χ0n) is 10.3. The highest BCUT2D eigenvalue weighted by Gasteiger charge is 2.35. The standard InChI is InChI=1S/C12H13BrN2O4/c1-19-8-4-5-14-10(9(8)13)11(16)15-6-2-3-7(15)12(17)18/h4-5,7H,2-3,6H2,1H3,(H,17,18). The van der Waals surface area contributed by atoms with Crippen molar-refractivity contribution in [2.24, 2.45) is 0 Å². The Bertz CT molecular complexity index is 520. The Morgan fingerprint density at radius 3 is 2.95 bits per heavy atom. The summed E-state index contributed by atoms with van der Waals surface area (Å²) < 4.78 is 5.54. The first-order chi connectivity index (χ1) is 9.06. The van der Waals surface area contributed by atoms with E-state index in [1.54, 1.807) is 6.07 Å². The van der Waals surface area contributed by atoms with Crippen molar-refractivity contribution in [1.82, 2.24) is 9.88 Å². The third kappa shape index (κ3) is 2.56. The van der Waals surface area contributed by atoms with Crippen LogP contribution in [0.15, 0.2) is 16.7 Å². The molecule has 1 aromatic rings. The number of carboxylic acid groups (broad SMARTS) is 1. The Labute approximate surface area is 118 Å². The van der Waals surface area contributed by atoms with Gasteiger partial charge in [-0.2, -0.15) is 0 Å². The van der Waals surface area contributed by atoms with Crippen LogP contribution in [0.5, 0.6) is 5.75 Å². The number of carboxylic acids is 1. The number of methoxy groups -OCH3 is 1. The number of likely N-dealkylation sites (tertiary alicyclic amines) is 1. The molecule has 6 nitrogen and oxygen atoms in total. The van der Waals surface area contributed by atoms with Crippen molar-refractivity contribution >= 4 is 27.8 Å². The van der Waals surface area contributed by atoms with Gasteiger partial charge in [0.15, 0.2) is 0 Å². The zero-order chi connectivity index (χ0) is 14.0. The quantitative estimate of drug-likeness (QED) is 0.910. The Hall–Kier alpha value is -1.63. The molecule has 1 fully saturated rings. The largest absolute Gasteiger partial charge is 0.495 e. The zero-order valence-corrected chi connectivity index (χ0v) is 11.9. The number of halogens is 1. The van der Waals surface area contributed by atoms with E-state index >= 15 is 0 Å². The maximum absolute atomic E-state index is 12.4. The second kappa shape index (κ2) is 5.56. The molecule has 1 aliphatic heterocycles. The number of aromatic nitrogens is 1. The van der Waals surface area contributed by atoms with E-state index in [0.717, 1.165) is 0 Å². The van der Waals surface area contributed by atoms with Crippen molar-refractivity contribution in [2.75, 3.05) is 13.7 Å². The van der Waals surface area contributed by atoms with Crippen molar-refractivity contribution in [3.63, 3.8) is 0 Å². The van der Waals surface area contributed by atoms with Crippen LogP contribution >= 0.6 is 15.9 Å². The lowest BCUT2D eigenvalue weighted by Gasteiger charge is -2.21. The summed E-state index contributed by atoms with van der Waals surface area (Å²) in [6.07, 6.45) is 2.62. The molecule has 1 unspecified atom stereocenters. The van der Waals surface area contributed by atoms with Gasteiger partial charge in [-0.05, 0) is 34.8 Å². The van der Waals surface area contributed by atoms with Gasteiger partial charge in [0.2, 0.25) is 0 Å². The van der Waals surface area contributed by atoms with E-state index in [4.69, 9.17) is 9.84 Å². The predicted molar refractivity (Wildman–Crippen MR) is 70.2 cm³/mol. The average molecular weight is 329 g/mol. The molecule has 1 aromatic heterocycles. The minimum Gasteiger partial charge on any atom is -0.495 e. The summed E-state index contributed by atoms with van der Waals surface area (Å²) in [7, 11) is 1.49. The Kier molecular flexibility index (Phi) is 4.04. The molecule has 1 saturated heterocycles. The van der Waals surface area contributed by atoms with Gasteiger partial charge in [-0.25, -0.2) is 9.78 Å². The monoisotopic (exact) mass is 328 g/mol. The summed E-state index contributed by atoms with van der Waals surface area (Å²) in [6, 6.07) is 0.854. The minimum absolute atomic E-state index is 0.174. The molecule has 0 spiro atoms. The minimum atomic E-state index is -0.982.